The Morgan fingerprint density at radius 1 is 1.22 bits per heavy atom. The third kappa shape index (κ3) is 4.53. The summed E-state index contributed by atoms with van der Waals surface area (Å²) in [5.74, 6) is 0. The predicted molar refractivity (Wildman–Crippen MR) is 90.6 cm³/mol. The Balaban J connectivity index is 0.00000289. The highest BCUT2D eigenvalue weighted by Gasteiger charge is 2.17. The van der Waals surface area contributed by atoms with Gasteiger partial charge in [-0.2, -0.15) is 0 Å². The molecule has 0 aromatic heterocycles. The van der Waals surface area contributed by atoms with Gasteiger partial charge in [-0.15, -0.1) is 0 Å². The van der Waals surface area contributed by atoms with Gasteiger partial charge >= 0.3 is 0 Å². The van der Waals surface area contributed by atoms with E-state index in [1.165, 1.54) is 23.0 Å². The summed E-state index contributed by atoms with van der Waals surface area (Å²) in [4.78, 5) is 2.19. The van der Waals surface area contributed by atoms with Crippen LogP contribution in [0.3, 0.4) is 0 Å². The maximum atomic E-state index is 3.87. The molecule has 0 amide bonds. The predicted octanol–water partition coefficient (Wildman–Crippen LogP) is 4.37. The van der Waals surface area contributed by atoms with Crippen LogP contribution < -0.4 is 10.2 Å². The van der Waals surface area contributed by atoms with E-state index in [1.54, 1.807) is 0 Å². The molecule has 4 heteroatoms. The molecule has 104 valence electrons. The molecule has 0 radical (unpaired) electrons. The van der Waals surface area contributed by atoms with Crippen molar-refractivity contribution in [1.82, 2.24) is 4.67 Å². The first kappa shape index (κ1) is 17.9. The van der Waals surface area contributed by atoms with Crippen molar-refractivity contribution in [2.45, 2.75) is 27.7 Å². The molecular formula is C14H26BrN2P. The monoisotopic (exact) mass is 332 g/mol. The molecule has 0 fully saturated rings. The lowest BCUT2D eigenvalue weighted by molar-refractivity contribution is 0.552. The van der Waals surface area contributed by atoms with Gasteiger partial charge in [-0.25, -0.2) is 0 Å². The van der Waals surface area contributed by atoms with Gasteiger partial charge < -0.3 is 4.90 Å². The molecule has 1 atom stereocenters. The Bertz CT molecular complexity index is 369. The van der Waals surface area contributed by atoms with E-state index in [0.29, 0.717) is 0 Å². The van der Waals surface area contributed by atoms with Crippen molar-refractivity contribution in [3.8, 4) is 0 Å². The molecule has 0 saturated heterocycles. The maximum absolute atomic E-state index is 3.87. The second kappa shape index (κ2) is 8.14. The van der Waals surface area contributed by atoms with Crippen LogP contribution in [0, 0.1) is 6.92 Å². The first-order valence-electron chi connectivity index (χ1n) is 5.92. The van der Waals surface area contributed by atoms with Crippen LogP contribution in [0.4, 0.5) is 5.69 Å². The van der Waals surface area contributed by atoms with E-state index in [0.717, 1.165) is 6.54 Å². The number of halogens is 1. The number of hydrogen-bond donors (Lipinski definition) is 0. The minimum absolute atomic E-state index is 0. The molecule has 0 bridgehead atoms. The fourth-order valence-electron chi connectivity index (χ4n) is 1.75. The molecule has 1 aromatic carbocycles. The summed E-state index contributed by atoms with van der Waals surface area (Å²) in [5, 5.41) is 1.40. The van der Waals surface area contributed by atoms with E-state index >= 15 is 0 Å². The average molecular weight is 333 g/mol. The number of hydrogen-bond acceptors (Lipinski definition) is 2. The summed E-state index contributed by atoms with van der Waals surface area (Å²) in [5.41, 5.74) is 2.63. The lowest BCUT2D eigenvalue weighted by Crippen LogP contribution is -2.22. The average Bonchev–Trinajstić information content (AvgIpc) is 2.27. The Morgan fingerprint density at radius 3 is 2.33 bits per heavy atom. The van der Waals surface area contributed by atoms with Crippen molar-refractivity contribution in [2.75, 3.05) is 32.6 Å². The molecular weight excluding hydrogens is 307 g/mol. The van der Waals surface area contributed by atoms with Crippen LogP contribution in [0.25, 0.3) is 0 Å². The van der Waals surface area contributed by atoms with Crippen molar-refractivity contribution in [3.05, 3.63) is 23.8 Å². The zero-order valence-electron chi connectivity index (χ0n) is 11.4. The molecule has 0 aliphatic rings. The number of benzene rings is 1. The van der Waals surface area contributed by atoms with Crippen molar-refractivity contribution >= 4 is 33.3 Å². The van der Waals surface area contributed by atoms with Gasteiger partial charge in [-0.3, -0.25) is 4.67 Å². The molecule has 0 aliphatic carbocycles. The summed E-state index contributed by atoms with van der Waals surface area (Å²) in [7, 11) is 6.39. The molecule has 1 unspecified atom stereocenters. The maximum Gasteiger partial charge on any atom is 0.0699 e. The molecule has 0 N–H and O–H groups in total. The Morgan fingerprint density at radius 2 is 1.83 bits per heavy atom. The summed E-state index contributed by atoms with van der Waals surface area (Å²) >= 11 is 3.87. The molecule has 18 heavy (non-hydrogen) atoms. The van der Waals surface area contributed by atoms with Gasteiger partial charge in [0.05, 0.1) is 6.77 Å². The highest BCUT2D eigenvalue weighted by Crippen LogP contribution is 2.48. The van der Waals surface area contributed by atoms with Crippen LogP contribution in [-0.2, 0) is 0 Å². The number of rotatable bonds is 5. The topological polar surface area (TPSA) is 6.48 Å². The summed E-state index contributed by atoms with van der Waals surface area (Å²) in [6.45, 7) is 5.08. The Kier molecular flexibility index (Phi) is 8.09. The lowest BCUT2D eigenvalue weighted by Gasteiger charge is -2.27. The first-order valence-corrected chi connectivity index (χ1v) is 9.23. The van der Waals surface area contributed by atoms with E-state index in [4.69, 9.17) is 0 Å². The van der Waals surface area contributed by atoms with Crippen LogP contribution in [-0.4, -0.2) is 32.4 Å². The van der Waals surface area contributed by atoms with Gasteiger partial charge in [0, 0.05) is 31.6 Å². The molecule has 0 aliphatic heterocycles. The SMILES string of the molecule is C.CCCN(C)P(Br)c1cc(C)ccc1N(C)C. The highest BCUT2D eigenvalue weighted by atomic mass is 79.9. The van der Waals surface area contributed by atoms with Gasteiger partial charge in [0.2, 0.25) is 0 Å². The fraction of sp³-hybridized carbons (Fsp3) is 0.571. The van der Waals surface area contributed by atoms with Crippen LogP contribution in [0.1, 0.15) is 26.3 Å². The summed E-state index contributed by atoms with van der Waals surface area (Å²) in [6.07, 6.45) is 1.18. The fourth-order valence-corrected chi connectivity index (χ4v) is 4.60. The van der Waals surface area contributed by atoms with Crippen LogP contribution >= 0.6 is 22.3 Å². The minimum atomic E-state index is -0.408. The second-order valence-corrected chi connectivity index (χ2v) is 8.23. The van der Waals surface area contributed by atoms with Crippen LogP contribution in [0.15, 0.2) is 18.2 Å². The third-order valence-electron chi connectivity index (χ3n) is 2.66. The third-order valence-corrected chi connectivity index (χ3v) is 6.98. The Hall–Kier alpha value is -0.110. The van der Waals surface area contributed by atoms with E-state index in [9.17, 15) is 0 Å². The number of aryl methyl sites for hydroxylation is 1. The van der Waals surface area contributed by atoms with Gasteiger partial charge in [0.1, 0.15) is 0 Å². The lowest BCUT2D eigenvalue weighted by atomic mass is 10.2. The van der Waals surface area contributed by atoms with Crippen molar-refractivity contribution < 1.29 is 0 Å². The summed E-state index contributed by atoms with van der Waals surface area (Å²) in [6, 6.07) is 6.68. The molecule has 1 rings (SSSR count). The van der Waals surface area contributed by atoms with Gasteiger partial charge in [0.25, 0.3) is 0 Å². The van der Waals surface area contributed by atoms with Crippen LogP contribution in [0.2, 0.25) is 0 Å². The van der Waals surface area contributed by atoms with Crippen molar-refractivity contribution in [3.63, 3.8) is 0 Å². The zero-order valence-corrected chi connectivity index (χ0v) is 13.8. The quantitative estimate of drug-likeness (QED) is 0.738. The zero-order chi connectivity index (χ0) is 13.0. The molecule has 1 aromatic rings. The van der Waals surface area contributed by atoms with E-state index in [2.05, 4.69) is 78.2 Å². The van der Waals surface area contributed by atoms with Gasteiger partial charge in [-0.1, -0.05) is 26.0 Å². The molecule has 0 heterocycles. The number of nitrogens with zero attached hydrogens (tertiary/aromatic N) is 2. The van der Waals surface area contributed by atoms with Gasteiger partial charge in [-0.05, 0) is 48.0 Å². The minimum Gasteiger partial charge on any atom is -0.377 e. The normalized spacial score (nSPS) is 12.2. The van der Waals surface area contributed by atoms with E-state index < -0.39 is 6.77 Å². The second-order valence-electron chi connectivity index (χ2n) is 4.53. The van der Waals surface area contributed by atoms with Crippen molar-refractivity contribution in [2.24, 2.45) is 0 Å². The largest absolute Gasteiger partial charge is 0.377 e. The van der Waals surface area contributed by atoms with E-state index in [-0.39, 0.29) is 7.43 Å². The molecule has 2 nitrogen and oxygen atoms in total. The Labute approximate surface area is 122 Å². The molecule has 0 spiro atoms. The highest BCUT2D eigenvalue weighted by molar-refractivity contribution is 9.39. The van der Waals surface area contributed by atoms with Crippen molar-refractivity contribution in [1.29, 1.82) is 0 Å². The standard InChI is InChI=1S/C13H22BrN2P.CH4/c1-6-9-16(5)17(14)13-10-11(2)7-8-12(13)15(3)4;/h7-8,10H,6,9H2,1-5H3;1H4. The molecule has 0 saturated carbocycles. The summed E-state index contributed by atoms with van der Waals surface area (Å²) < 4.78 is 2.40. The smallest absolute Gasteiger partial charge is 0.0699 e. The van der Waals surface area contributed by atoms with E-state index in [1.807, 2.05) is 0 Å². The van der Waals surface area contributed by atoms with Crippen LogP contribution in [0.5, 0.6) is 0 Å². The number of anilines is 1. The first-order chi connectivity index (χ1) is 7.97. The van der Waals surface area contributed by atoms with Gasteiger partial charge in [0.15, 0.2) is 0 Å².